The van der Waals surface area contributed by atoms with Crippen molar-refractivity contribution < 1.29 is 19.4 Å². The van der Waals surface area contributed by atoms with Crippen LogP contribution >= 0.6 is 24.8 Å². The van der Waals surface area contributed by atoms with Gasteiger partial charge in [0.05, 0.1) is 17.7 Å². The second-order valence-electron chi connectivity index (χ2n) is 8.96. The number of carboxylic acids is 1. The van der Waals surface area contributed by atoms with E-state index in [4.69, 9.17) is 15.5 Å². The molecule has 0 saturated carbocycles. The van der Waals surface area contributed by atoms with Crippen LogP contribution in [-0.4, -0.2) is 22.0 Å². The van der Waals surface area contributed by atoms with Crippen LogP contribution in [-0.2, 0) is 35.5 Å². The predicted molar refractivity (Wildman–Crippen MR) is 147 cm³/mol. The zero-order chi connectivity index (χ0) is 24.8. The zero-order valence-corrected chi connectivity index (χ0v) is 22.7. The van der Waals surface area contributed by atoms with E-state index < -0.39 is 11.9 Å². The first-order valence-electron chi connectivity index (χ1n) is 11.5. The molecule has 1 aromatic heterocycles. The number of carbonyl (C=O) groups is 2. The Balaban J connectivity index is 0.00000324. The maximum Gasteiger partial charge on any atom is 0.340 e. The summed E-state index contributed by atoms with van der Waals surface area (Å²) in [5.41, 5.74) is 13.0. The summed E-state index contributed by atoms with van der Waals surface area (Å²) in [7, 11) is 0. The van der Waals surface area contributed by atoms with Crippen LogP contribution in [0.5, 0.6) is 0 Å². The molecule has 0 aliphatic heterocycles. The van der Waals surface area contributed by atoms with Crippen LogP contribution < -0.4 is 5.73 Å². The first-order valence-corrected chi connectivity index (χ1v) is 11.5. The lowest BCUT2D eigenvalue weighted by Crippen LogP contribution is -2.17. The fourth-order valence-corrected chi connectivity index (χ4v) is 4.12. The van der Waals surface area contributed by atoms with Gasteiger partial charge in [-0.1, -0.05) is 67.9 Å². The first kappa shape index (κ1) is 31.1. The number of pyridine rings is 1. The summed E-state index contributed by atoms with van der Waals surface area (Å²) >= 11 is 0. The number of nitrogens with zero attached hydrogens (tertiary/aromatic N) is 1. The van der Waals surface area contributed by atoms with E-state index >= 15 is 0 Å². The second-order valence-corrected chi connectivity index (χ2v) is 8.96. The summed E-state index contributed by atoms with van der Waals surface area (Å²) in [4.78, 5) is 29.4. The van der Waals surface area contributed by atoms with E-state index in [1.807, 2.05) is 38.1 Å². The molecule has 0 aliphatic carbocycles. The lowest BCUT2D eigenvalue weighted by Gasteiger charge is -2.20. The number of nitrogens with two attached hydrogens (primary N) is 1. The third-order valence-electron chi connectivity index (χ3n) is 5.73. The molecule has 0 spiro atoms. The van der Waals surface area contributed by atoms with Crippen molar-refractivity contribution in [2.24, 2.45) is 11.7 Å². The van der Waals surface area contributed by atoms with Crippen molar-refractivity contribution in [2.45, 2.75) is 53.7 Å². The van der Waals surface area contributed by atoms with Gasteiger partial charge in [-0.15, -0.1) is 24.8 Å². The molecule has 36 heavy (non-hydrogen) atoms. The molecule has 6 nitrogen and oxygen atoms in total. The molecule has 8 heteroatoms. The molecule has 0 aliphatic rings. The Hall–Kier alpha value is -2.93. The van der Waals surface area contributed by atoms with E-state index in [-0.39, 0.29) is 44.4 Å². The Bertz CT molecular complexity index is 1190. The first-order chi connectivity index (χ1) is 16.2. The minimum absolute atomic E-state index is 0. The van der Waals surface area contributed by atoms with Gasteiger partial charge in [-0.2, -0.15) is 0 Å². The Morgan fingerprint density at radius 3 is 2.17 bits per heavy atom. The highest BCUT2D eigenvalue weighted by molar-refractivity contribution is 5.99. The van der Waals surface area contributed by atoms with E-state index in [0.717, 1.165) is 34.4 Å². The molecule has 0 fully saturated rings. The third kappa shape index (κ3) is 7.53. The van der Waals surface area contributed by atoms with Crippen LogP contribution in [0, 0.1) is 19.8 Å². The van der Waals surface area contributed by atoms with Gasteiger partial charge in [-0.05, 0) is 48.4 Å². The minimum atomic E-state index is -0.936. The van der Waals surface area contributed by atoms with Crippen LogP contribution in [0.25, 0.3) is 11.1 Å². The largest absolute Gasteiger partial charge is 0.481 e. The van der Waals surface area contributed by atoms with Crippen LogP contribution in [0.1, 0.15) is 57.8 Å². The van der Waals surface area contributed by atoms with Gasteiger partial charge in [0.1, 0.15) is 6.61 Å². The van der Waals surface area contributed by atoms with Gasteiger partial charge in [0, 0.05) is 17.8 Å². The van der Waals surface area contributed by atoms with Gasteiger partial charge in [-0.3, -0.25) is 9.78 Å². The average molecular weight is 533 g/mol. The van der Waals surface area contributed by atoms with Crippen molar-refractivity contribution in [3.05, 3.63) is 87.7 Å². The van der Waals surface area contributed by atoms with Crippen LogP contribution in [0.2, 0.25) is 0 Å². The minimum Gasteiger partial charge on any atom is -0.481 e. The summed E-state index contributed by atoms with van der Waals surface area (Å²) in [5, 5.41) is 9.18. The number of rotatable bonds is 9. The molecular weight excluding hydrogens is 499 g/mol. The van der Waals surface area contributed by atoms with Crippen molar-refractivity contribution in [1.82, 2.24) is 4.98 Å². The second kappa shape index (κ2) is 14.0. The SMILES string of the molecule is Cc1ccc(-c2c(CN)c(CC(C)C)nc(C)c2C(=O)OCc2ccccc2CC(=O)O)cc1.Cl.Cl. The maximum atomic E-state index is 13.4. The molecular formula is C28H34Cl2N2O4. The number of hydrogen-bond donors (Lipinski definition) is 2. The highest BCUT2D eigenvalue weighted by Crippen LogP contribution is 2.33. The topological polar surface area (TPSA) is 103 Å². The highest BCUT2D eigenvalue weighted by Gasteiger charge is 2.25. The summed E-state index contributed by atoms with van der Waals surface area (Å²) in [6, 6.07) is 15.1. The number of carboxylic acid groups (broad SMARTS) is 1. The molecule has 0 bridgehead atoms. The van der Waals surface area contributed by atoms with Crippen molar-refractivity contribution in [3.8, 4) is 11.1 Å². The van der Waals surface area contributed by atoms with Gasteiger partial charge >= 0.3 is 11.9 Å². The Labute approximate surface area is 225 Å². The molecule has 0 unspecified atom stereocenters. The summed E-state index contributed by atoms with van der Waals surface area (Å²) in [6.07, 6.45) is 0.619. The molecule has 194 valence electrons. The Kier molecular flexibility index (Phi) is 12.1. The number of hydrogen-bond acceptors (Lipinski definition) is 5. The molecule has 1 heterocycles. The molecule has 0 radical (unpaired) electrons. The Morgan fingerprint density at radius 1 is 1.00 bits per heavy atom. The number of aromatic nitrogens is 1. The van der Waals surface area contributed by atoms with Crippen LogP contribution in [0.15, 0.2) is 48.5 Å². The van der Waals surface area contributed by atoms with Gasteiger partial charge in [0.25, 0.3) is 0 Å². The highest BCUT2D eigenvalue weighted by atomic mass is 35.5. The van der Waals surface area contributed by atoms with Gasteiger partial charge in [-0.25, -0.2) is 4.79 Å². The van der Waals surface area contributed by atoms with Crippen LogP contribution in [0.3, 0.4) is 0 Å². The maximum absolute atomic E-state index is 13.4. The van der Waals surface area contributed by atoms with E-state index in [1.165, 1.54) is 0 Å². The number of aliphatic carboxylic acids is 1. The molecule has 3 N–H and O–H groups in total. The lowest BCUT2D eigenvalue weighted by atomic mass is 9.90. The molecule has 3 aromatic rings. The molecule has 0 atom stereocenters. The van der Waals surface area contributed by atoms with E-state index in [0.29, 0.717) is 28.3 Å². The average Bonchev–Trinajstić information content (AvgIpc) is 2.77. The Morgan fingerprint density at radius 2 is 1.61 bits per heavy atom. The van der Waals surface area contributed by atoms with Crippen LogP contribution in [0.4, 0.5) is 0 Å². The fraction of sp³-hybridized carbons (Fsp3) is 0.321. The molecule has 0 amide bonds. The number of esters is 1. The molecule has 3 rings (SSSR count). The molecule has 0 saturated heterocycles. The predicted octanol–water partition coefficient (Wildman–Crippen LogP) is 5.85. The quantitative estimate of drug-likeness (QED) is 0.335. The van der Waals surface area contributed by atoms with Crippen molar-refractivity contribution >= 4 is 36.8 Å². The number of benzene rings is 2. The van der Waals surface area contributed by atoms with Crippen molar-refractivity contribution in [3.63, 3.8) is 0 Å². The zero-order valence-electron chi connectivity index (χ0n) is 21.0. The smallest absolute Gasteiger partial charge is 0.340 e. The standard InChI is InChI=1S/C28H32N2O4.2ClH/c1-17(2)13-24-23(15-29)27(20-11-9-18(3)10-12-20)26(19(4)30-24)28(33)34-16-22-8-6-5-7-21(22)14-25(31)32;;/h5-12,17H,13-16,29H2,1-4H3,(H,31,32);2*1H. The number of halogens is 2. The van der Waals surface area contributed by atoms with Gasteiger partial charge in [0.15, 0.2) is 0 Å². The normalized spacial score (nSPS) is 10.4. The fourth-order valence-electron chi connectivity index (χ4n) is 4.12. The van der Waals surface area contributed by atoms with Gasteiger partial charge < -0.3 is 15.6 Å². The molecule has 2 aromatic carbocycles. The number of carbonyl (C=O) groups excluding carboxylic acids is 1. The summed E-state index contributed by atoms with van der Waals surface area (Å²) in [5.74, 6) is -1.06. The monoisotopic (exact) mass is 532 g/mol. The van der Waals surface area contributed by atoms with Crippen molar-refractivity contribution in [1.29, 1.82) is 0 Å². The van der Waals surface area contributed by atoms with E-state index in [1.54, 1.807) is 24.3 Å². The van der Waals surface area contributed by atoms with Gasteiger partial charge in [0.2, 0.25) is 0 Å². The summed E-state index contributed by atoms with van der Waals surface area (Å²) < 4.78 is 5.71. The summed E-state index contributed by atoms with van der Waals surface area (Å²) in [6.45, 7) is 8.30. The number of ether oxygens (including phenoxy) is 1. The van der Waals surface area contributed by atoms with E-state index in [2.05, 4.69) is 13.8 Å². The van der Waals surface area contributed by atoms with Crippen molar-refractivity contribution in [2.75, 3.05) is 0 Å². The number of aryl methyl sites for hydroxylation is 2. The lowest BCUT2D eigenvalue weighted by molar-refractivity contribution is -0.136. The van der Waals surface area contributed by atoms with E-state index in [9.17, 15) is 14.7 Å². The third-order valence-corrected chi connectivity index (χ3v) is 5.73.